The fourth-order valence-corrected chi connectivity index (χ4v) is 3.60. The predicted octanol–water partition coefficient (Wildman–Crippen LogP) is 1.15. The monoisotopic (exact) mass is 368 g/mol. The lowest BCUT2D eigenvalue weighted by atomic mass is 10.0. The number of likely N-dealkylation sites (tertiary alicyclic amines) is 1. The van der Waals surface area contributed by atoms with Crippen molar-refractivity contribution in [2.75, 3.05) is 13.1 Å². The van der Waals surface area contributed by atoms with Crippen molar-refractivity contribution in [1.29, 1.82) is 0 Å². The van der Waals surface area contributed by atoms with Gasteiger partial charge in [-0.2, -0.15) is 5.10 Å². The Balaban J connectivity index is 1.61. The normalized spacial score (nSPS) is 19.4. The SMILES string of the molecule is CC(=O)N[C@@H]1CN(C(=O)c2cn[nH]c2-c2ccco2)C[C@H]1c1nccn1C. The summed E-state index contributed by atoms with van der Waals surface area (Å²) in [5.74, 6) is 1.00. The van der Waals surface area contributed by atoms with Crippen molar-refractivity contribution in [3.63, 3.8) is 0 Å². The lowest BCUT2D eigenvalue weighted by Gasteiger charge is -2.18. The summed E-state index contributed by atoms with van der Waals surface area (Å²) in [6.07, 6.45) is 6.62. The van der Waals surface area contributed by atoms with Crippen molar-refractivity contribution in [3.8, 4) is 11.5 Å². The van der Waals surface area contributed by atoms with Gasteiger partial charge in [0.05, 0.1) is 30.0 Å². The molecule has 0 saturated carbocycles. The van der Waals surface area contributed by atoms with E-state index in [9.17, 15) is 9.59 Å². The number of rotatable bonds is 4. The molecule has 140 valence electrons. The maximum absolute atomic E-state index is 13.1. The van der Waals surface area contributed by atoms with E-state index in [2.05, 4.69) is 20.5 Å². The molecule has 3 aromatic rings. The number of aromatic nitrogens is 4. The molecule has 9 nitrogen and oxygen atoms in total. The Morgan fingerprint density at radius 1 is 1.37 bits per heavy atom. The number of hydrogen-bond donors (Lipinski definition) is 2. The van der Waals surface area contributed by atoms with Crippen LogP contribution in [0.3, 0.4) is 0 Å². The van der Waals surface area contributed by atoms with Crippen LogP contribution in [0.25, 0.3) is 11.5 Å². The van der Waals surface area contributed by atoms with Crippen LogP contribution in [-0.2, 0) is 11.8 Å². The van der Waals surface area contributed by atoms with Gasteiger partial charge >= 0.3 is 0 Å². The number of aromatic amines is 1. The first-order valence-electron chi connectivity index (χ1n) is 8.65. The molecule has 0 aromatic carbocycles. The van der Waals surface area contributed by atoms with E-state index in [0.29, 0.717) is 30.1 Å². The predicted molar refractivity (Wildman–Crippen MR) is 95.7 cm³/mol. The summed E-state index contributed by atoms with van der Waals surface area (Å²) in [5, 5.41) is 9.78. The van der Waals surface area contributed by atoms with Crippen LogP contribution in [0.2, 0.25) is 0 Å². The molecule has 0 radical (unpaired) electrons. The molecule has 9 heteroatoms. The van der Waals surface area contributed by atoms with Gasteiger partial charge in [0, 0.05) is 39.5 Å². The van der Waals surface area contributed by atoms with Crippen LogP contribution in [-0.4, -0.2) is 55.6 Å². The first-order valence-corrected chi connectivity index (χ1v) is 8.65. The van der Waals surface area contributed by atoms with E-state index >= 15 is 0 Å². The first kappa shape index (κ1) is 17.1. The average molecular weight is 368 g/mol. The van der Waals surface area contributed by atoms with E-state index in [1.807, 2.05) is 17.8 Å². The number of carbonyl (C=O) groups is 2. The standard InChI is InChI=1S/C18H20N6O3/c1-11(25)21-14-10-24(9-13(14)17-19-5-6-23(17)2)18(26)12-8-20-22-16(12)15-4-3-7-27-15/h3-8,13-14H,9-10H2,1-2H3,(H,20,22)(H,21,25)/t13-,14-/m1/s1. The molecule has 27 heavy (non-hydrogen) atoms. The summed E-state index contributed by atoms with van der Waals surface area (Å²) < 4.78 is 7.30. The number of carbonyl (C=O) groups excluding carboxylic acids is 2. The molecule has 4 heterocycles. The van der Waals surface area contributed by atoms with Crippen LogP contribution in [0.15, 0.2) is 41.4 Å². The van der Waals surface area contributed by atoms with E-state index < -0.39 is 0 Å². The lowest BCUT2D eigenvalue weighted by molar-refractivity contribution is -0.119. The van der Waals surface area contributed by atoms with Crippen LogP contribution >= 0.6 is 0 Å². The number of hydrogen-bond acceptors (Lipinski definition) is 5. The number of amides is 2. The van der Waals surface area contributed by atoms with Gasteiger partial charge in [-0.1, -0.05) is 0 Å². The zero-order valence-corrected chi connectivity index (χ0v) is 15.0. The van der Waals surface area contributed by atoms with Gasteiger partial charge in [0.25, 0.3) is 5.91 Å². The summed E-state index contributed by atoms with van der Waals surface area (Å²) in [6, 6.07) is 3.32. The molecule has 2 atom stereocenters. The van der Waals surface area contributed by atoms with E-state index in [-0.39, 0.29) is 23.8 Å². The van der Waals surface area contributed by atoms with Crippen molar-refractivity contribution in [2.45, 2.75) is 18.9 Å². The summed E-state index contributed by atoms with van der Waals surface area (Å²) in [7, 11) is 1.91. The van der Waals surface area contributed by atoms with Gasteiger partial charge in [0.15, 0.2) is 5.76 Å². The third kappa shape index (κ3) is 3.12. The zero-order valence-electron chi connectivity index (χ0n) is 15.0. The van der Waals surface area contributed by atoms with Crippen LogP contribution in [0, 0.1) is 0 Å². The highest BCUT2D eigenvalue weighted by atomic mass is 16.3. The first-order chi connectivity index (χ1) is 13.0. The fourth-order valence-electron chi connectivity index (χ4n) is 3.60. The van der Waals surface area contributed by atoms with Gasteiger partial charge < -0.3 is 19.2 Å². The maximum atomic E-state index is 13.1. The molecule has 0 aliphatic carbocycles. The minimum absolute atomic E-state index is 0.0863. The Bertz CT molecular complexity index is 958. The smallest absolute Gasteiger partial charge is 0.257 e. The molecule has 1 aliphatic heterocycles. The molecule has 1 saturated heterocycles. The van der Waals surface area contributed by atoms with Crippen LogP contribution < -0.4 is 5.32 Å². The van der Waals surface area contributed by atoms with Crippen molar-refractivity contribution >= 4 is 11.8 Å². The van der Waals surface area contributed by atoms with Gasteiger partial charge in [-0.15, -0.1) is 0 Å². The van der Waals surface area contributed by atoms with Crippen molar-refractivity contribution in [2.24, 2.45) is 7.05 Å². The lowest BCUT2D eigenvalue weighted by Crippen LogP contribution is -2.39. The molecular formula is C18H20N6O3. The molecule has 1 aliphatic rings. The second-order valence-corrected chi connectivity index (χ2v) is 6.66. The number of nitrogens with one attached hydrogen (secondary N) is 2. The second kappa shape index (κ2) is 6.75. The van der Waals surface area contributed by atoms with Crippen LogP contribution in [0.1, 0.15) is 29.0 Å². The van der Waals surface area contributed by atoms with Gasteiger partial charge in [-0.3, -0.25) is 14.7 Å². The van der Waals surface area contributed by atoms with E-state index in [0.717, 1.165) is 5.82 Å². The number of aryl methyl sites for hydroxylation is 1. The van der Waals surface area contributed by atoms with Gasteiger partial charge in [0.1, 0.15) is 11.5 Å². The molecule has 4 rings (SSSR count). The quantitative estimate of drug-likeness (QED) is 0.718. The average Bonchev–Trinajstić information content (AvgIpc) is 3.40. The Labute approximate surface area is 155 Å². The number of nitrogens with zero attached hydrogens (tertiary/aromatic N) is 4. The van der Waals surface area contributed by atoms with E-state index in [1.165, 1.54) is 13.1 Å². The molecule has 2 N–H and O–H groups in total. The Hall–Kier alpha value is -3.36. The highest BCUT2D eigenvalue weighted by molar-refractivity contribution is 5.99. The third-order valence-electron chi connectivity index (χ3n) is 4.82. The van der Waals surface area contributed by atoms with Crippen molar-refractivity contribution < 1.29 is 14.0 Å². The minimum atomic E-state index is -0.202. The third-order valence-corrected chi connectivity index (χ3v) is 4.82. The Morgan fingerprint density at radius 3 is 2.89 bits per heavy atom. The Morgan fingerprint density at radius 2 is 2.22 bits per heavy atom. The van der Waals surface area contributed by atoms with Crippen LogP contribution in [0.5, 0.6) is 0 Å². The van der Waals surface area contributed by atoms with E-state index in [4.69, 9.17) is 4.42 Å². The number of H-pyrrole nitrogens is 1. The molecular weight excluding hydrogens is 348 g/mol. The van der Waals surface area contributed by atoms with Gasteiger partial charge in [-0.25, -0.2) is 4.98 Å². The van der Waals surface area contributed by atoms with Crippen LogP contribution in [0.4, 0.5) is 0 Å². The Kier molecular flexibility index (Phi) is 4.27. The molecule has 1 fully saturated rings. The maximum Gasteiger partial charge on any atom is 0.257 e. The minimum Gasteiger partial charge on any atom is -0.463 e. The molecule has 2 amide bonds. The summed E-state index contributed by atoms with van der Waals surface area (Å²) >= 11 is 0. The van der Waals surface area contributed by atoms with Gasteiger partial charge in [-0.05, 0) is 12.1 Å². The van der Waals surface area contributed by atoms with Crippen molar-refractivity contribution in [3.05, 3.63) is 48.4 Å². The fraction of sp³-hybridized carbons (Fsp3) is 0.333. The summed E-state index contributed by atoms with van der Waals surface area (Å²) in [5.41, 5.74) is 0.980. The summed E-state index contributed by atoms with van der Waals surface area (Å²) in [4.78, 5) is 30.9. The van der Waals surface area contributed by atoms with Crippen molar-refractivity contribution in [1.82, 2.24) is 30.0 Å². The largest absolute Gasteiger partial charge is 0.463 e. The second-order valence-electron chi connectivity index (χ2n) is 6.66. The molecule has 0 spiro atoms. The number of imidazole rings is 1. The molecule has 0 bridgehead atoms. The highest BCUT2D eigenvalue weighted by Crippen LogP contribution is 2.29. The summed E-state index contributed by atoms with van der Waals surface area (Å²) in [6.45, 7) is 2.33. The molecule has 0 unspecified atom stereocenters. The zero-order chi connectivity index (χ0) is 19.0. The number of furan rings is 1. The van der Waals surface area contributed by atoms with E-state index in [1.54, 1.807) is 29.5 Å². The molecule has 3 aromatic heterocycles. The highest BCUT2D eigenvalue weighted by Gasteiger charge is 2.39. The topological polar surface area (TPSA) is 109 Å². The van der Waals surface area contributed by atoms with Gasteiger partial charge in [0.2, 0.25) is 5.91 Å².